The molecule has 0 aliphatic rings. The fourth-order valence-electron chi connectivity index (χ4n) is 4.81. The van der Waals surface area contributed by atoms with E-state index in [2.05, 4.69) is 118 Å². The van der Waals surface area contributed by atoms with Crippen LogP contribution in [0.15, 0.2) is 67.3 Å². The molecular formula is C30H29N. The number of benzene rings is 2. The van der Waals surface area contributed by atoms with E-state index in [4.69, 9.17) is 0 Å². The molecule has 0 N–H and O–H groups in total. The van der Waals surface area contributed by atoms with Gasteiger partial charge in [0.15, 0.2) is 0 Å². The van der Waals surface area contributed by atoms with E-state index in [1.165, 1.54) is 44.0 Å². The van der Waals surface area contributed by atoms with Crippen molar-refractivity contribution >= 4 is 52.0 Å². The monoisotopic (exact) mass is 403 g/mol. The predicted octanol–water partition coefficient (Wildman–Crippen LogP) is 5.92. The number of fused-ring (bicyclic) bond motifs is 5. The van der Waals surface area contributed by atoms with Gasteiger partial charge in [-0.15, -0.1) is 0 Å². The van der Waals surface area contributed by atoms with Crippen molar-refractivity contribution in [2.24, 2.45) is 0 Å². The Labute approximate surface area is 184 Å². The van der Waals surface area contributed by atoms with Crippen molar-refractivity contribution in [1.29, 1.82) is 0 Å². The zero-order valence-electron chi connectivity index (χ0n) is 18.9. The van der Waals surface area contributed by atoms with Crippen LogP contribution in [0.1, 0.15) is 30.7 Å². The molecule has 2 aromatic heterocycles. The van der Waals surface area contributed by atoms with E-state index in [1.807, 2.05) is 6.08 Å². The summed E-state index contributed by atoms with van der Waals surface area (Å²) in [6, 6.07) is 17.3. The summed E-state index contributed by atoms with van der Waals surface area (Å²) in [4.78, 5) is 0. The lowest BCUT2D eigenvalue weighted by Crippen LogP contribution is -2.37. The van der Waals surface area contributed by atoms with Crippen molar-refractivity contribution in [3.63, 3.8) is 0 Å². The van der Waals surface area contributed by atoms with E-state index < -0.39 is 0 Å². The molecule has 0 bridgehead atoms. The summed E-state index contributed by atoms with van der Waals surface area (Å²) in [6.07, 6.45) is 10.5. The summed E-state index contributed by atoms with van der Waals surface area (Å²) in [5.41, 5.74) is 6.16. The molecule has 0 spiro atoms. The van der Waals surface area contributed by atoms with Crippen LogP contribution < -0.4 is 15.7 Å². The minimum Gasteiger partial charge on any atom is -0.312 e. The smallest absolute Gasteiger partial charge is 0.0569 e. The molecule has 0 atom stereocenters. The first-order chi connectivity index (χ1) is 15.0. The fraction of sp³-hybridized carbons (Fsp3) is 0.133. The molecule has 2 heterocycles. The molecular weight excluding hydrogens is 374 g/mol. The zero-order chi connectivity index (χ0) is 22.1. The third-order valence-electron chi connectivity index (χ3n) is 6.17. The Bertz CT molecular complexity index is 1590. The number of hydrogen-bond donors (Lipinski definition) is 0. The van der Waals surface area contributed by atoms with Gasteiger partial charge in [0.1, 0.15) is 0 Å². The molecule has 154 valence electrons. The fourth-order valence-corrected chi connectivity index (χ4v) is 4.81. The molecule has 0 amide bonds. The topological polar surface area (TPSA) is 4.41 Å². The number of aryl methyl sites for hydroxylation is 2. The second-order valence-electron chi connectivity index (χ2n) is 7.87. The number of allylic oxidation sites excluding steroid dienone is 2. The van der Waals surface area contributed by atoms with Gasteiger partial charge in [-0.3, -0.25) is 0 Å². The molecule has 4 rings (SSSR count). The molecule has 0 fully saturated rings. The summed E-state index contributed by atoms with van der Waals surface area (Å²) >= 11 is 0. The van der Waals surface area contributed by atoms with Crippen molar-refractivity contribution in [3.05, 3.63) is 99.7 Å². The first kappa shape index (κ1) is 20.7. The van der Waals surface area contributed by atoms with E-state index in [1.54, 1.807) is 0 Å². The first-order valence-corrected chi connectivity index (χ1v) is 10.8. The van der Waals surface area contributed by atoms with Crippen LogP contribution in [0.5, 0.6) is 0 Å². The highest BCUT2D eigenvalue weighted by Gasteiger charge is 2.13. The summed E-state index contributed by atoms with van der Waals surface area (Å²) < 4.78 is 2.41. The summed E-state index contributed by atoms with van der Waals surface area (Å²) in [7, 11) is 0. The minimum absolute atomic E-state index is 1.01. The molecule has 0 aliphatic carbocycles. The Balaban J connectivity index is 2.65. The van der Waals surface area contributed by atoms with Gasteiger partial charge in [-0.2, -0.15) is 0 Å². The van der Waals surface area contributed by atoms with Gasteiger partial charge >= 0.3 is 0 Å². The number of para-hydroxylation sites is 1. The maximum atomic E-state index is 4.58. The Morgan fingerprint density at radius 1 is 0.839 bits per heavy atom. The van der Waals surface area contributed by atoms with E-state index in [0.29, 0.717) is 0 Å². The predicted molar refractivity (Wildman–Crippen MR) is 139 cm³/mol. The highest BCUT2D eigenvalue weighted by molar-refractivity contribution is 6.05. The minimum atomic E-state index is 1.01. The summed E-state index contributed by atoms with van der Waals surface area (Å²) in [5, 5.41) is 6.85. The van der Waals surface area contributed by atoms with Crippen LogP contribution in [-0.2, 0) is 0 Å². The molecule has 0 saturated carbocycles. The van der Waals surface area contributed by atoms with Crippen molar-refractivity contribution < 1.29 is 0 Å². The number of nitrogens with zero attached hydrogens (tertiary/aromatic N) is 1. The Morgan fingerprint density at radius 3 is 2.13 bits per heavy atom. The van der Waals surface area contributed by atoms with Crippen LogP contribution in [0.4, 0.5) is 0 Å². The molecule has 1 heteroatoms. The van der Waals surface area contributed by atoms with Gasteiger partial charge in [-0.05, 0) is 66.1 Å². The van der Waals surface area contributed by atoms with Gasteiger partial charge in [0, 0.05) is 16.3 Å². The van der Waals surface area contributed by atoms with Crippen molar-refractivity contribution in [3.8, 4) is 0 Å². The lowest BCUT2D eigenvalue weighted by molar-refractivity contribution is 1.16. The van der Waals surface area contributed by atoms with E-state index >= 15 is 0 Å². The molecule has 0 saturated heterocycles. The van der Waals surface area contributed by atoms with E-state index in [-0.39, 0.29) is 0 Å². The van der Waals surface area contributed by atoms with Crippen molar-refractivity contribution in [2.45, 2.75) is 27.7 Å². The number of rotatable bonds is 2. The zero-order valence-corrected chi connectivity index (χ0v) is 18.9. The molecule has 31 heavy (non-hydrogen) atoms. The molecule has 0 radical (unpaired) electrons. The van der Waals surface area contributed by atoms with E-state index in [0.717, 1.165) is 15.7 Å². The molecule has 4 aromatic rings. The average Bonchev–Trinajstić information content (AvgIpc) is 3.04. The standard InChI is InChI=1S/C30H29N/c1-7-14-24-21(5)30-23(9-3)20(4)25(15-8-2)26-16-10-11-17-27(26)28-18-12-13-19-29(28)31(30)22(24)6/h7-19H,2,4H2,1,3,5-6H3/b14-7-,23-9-,25-15+. The third kappa shape index (κ3) is 3.18. The number of aromatic nitrogens is 1. The third-order valence-corrected chi connectivity index (χ3v) is 6.17. The van der Waals surface area contributed by atoms with Gasteiger partial charge in [0.05, 0.1) is 11.0 Å². The Morgan fingerprint density at radius 2 is 1.48 bits per heavy atom. The van der Waals surface area contributed by atoms with Crippen LogP contribution in [0, 0.1) is 13.8 Å². The normalized spacial score (nSPS) is 13.0. The van der Waals surface area contributed by atoms with E-state index in [9.17, 15) is 0 Å². The van der Waals surface area contributed by atoms with Crippen LogP contribution in [0.2, 0.25) is 0 Å². The Kier molecular flexibility index (Phi) is 5.52. The average molecular weight is 404 g/mol. The lowest BCUT2D eigenvalue weighted by atomic mass is 10.0. The second kappa shape index (κ2) is 8.28. The largest absolute Gasteiger partial charge is 0.312 e. The van der Waals surface area contributed by atoms with Gasteiger partial charge in [0.25, 0.3) is 0 Å². The van der Waals surface area contributed by atoms with Gasteiger partial charge < -0.3 is 4.40 Å². The van der Waals surface area contributed by atoms with Crippen LogP contribution in [0.25, 0.3) is 52.0 Å². The Hall–Kier alpha value is -3.58. The van der Waals surface area contributed by atoms with Crippen LogP contribution in [0.3, 0.4) is 0 Å². The molecule has 0 unspecified atom stereocenters. The van der Waals surface area contributed by atoms with Crippen LogP contribution >= 0.6 is 0 Å². The lowest BCUT2D eigenvalue weighted by Gasteiger charge is -2.04. The maximum absolute atomic E-state index is 4.58. The van der Waals surface area contributed by atoms with Gasteiger partial charge in [-0.25, -0.2) is 0 Å². The van der Waals surface area contributed by atoms with Crippen LogP contribution in [-0.4, -0.2) is 4.40 Å². The maximum Gasteiger partial charge on any atom is 0.0569 e. The first-order valence-electron chi connectivity index (χ1n) is 10.8. The number of hydrogen-bond acceptors (Lipinski definition) is 0. The molecule has 0 aliphatic heterocycles. The quantitative estimate of drug-likeness (QED) is 0.391. The molecule has 1 nitrogen and oxygen atoms in total. The summed E-state index contributed by atoms with van der Waals surface area (Å²) in [6.45, 7) is 17.2. The highest BCUT2D eigenvalue weighted by Crippen LogP contribution is 2.27. The SMILES string of the molecule is C=C/C=c1\c(=C)/c(=C/C)c2c(C)c(/C=C\C)c(C)n2c2ccccc2c2ccccc12. The van der Waals surface area contributed by atoms with Crippen molar-refractivity contribution in [1.82, 2.24) is 4.40 Å². The highest BCUT2D eigenvalue weighted by atomic mass is 14.9. The molecule has 2 aromatic carbocycles. The summed E-state index contributed by atoms with van der Waals surface area (Å²) in [5.74, 6) is 0. The second-order valence-corrected chi connectivity index (χ2v) is 7.87. The van der Waals surface area contributed by atoms with Gasteiger partial charge in [0.2, 0.25) is 0 Å². The van der Waals surface area contributed by atoms with Crippen molar-refractivity contribution in [2.75, 3.05) is 0 Å². The van der Waals surface area contributed by atoms with Gasteiger partial charge in [-0.1, -0.05) is 86.0 Å².